The predicted molar refractivity (Wildman–Crippen MR) is 32.8 cm³/mol. The minimum atomic E-state index is -5.04. The molecule has 0 aliphatic carbocycles. The summed E-state index contributed by atoms with van der Waals surface area (Å²) >= 11 is 0. The Bertz CT molecular complexity index is 212. The summed E-state index contributed by atoms with van der Waals surface area (Å²) in [6.45, 7) is 0. The smallest absolute Gasteiger partial charge is 0.405 e. The van der Waals surface area contributed by atoms with Gasteiger partial charge in [-0.25, -0.2) is 0 Å². The van der Waals surface area contributed by atoms with Gasteiger partial charge in [0.1, 0.15) is 6.04 Å². The SMILES string of the molecule is NC(C(C(=O)O)C(=O)O)C(F)(F)F. The van der Waals surface area contributed by atoms with Crippen molar-refractivity contribution in [3.63, 3.8) is 0 Å². The molecular formula is C5H6F3NO4. The summed E-state index contributed by atoms with van der Waals surface area (Å²) in [6.07, 6.45) is -5.04. The second-order valence-corrected chi connectivity index (χ2v) is 2.22. The Hall–Kier alpha value is -1.31. The first-order valence-electron chi connectivity index (χ1n) is 2.96. The molecule has 0 saturated heterocycles. The molecule has 0 aromatic carbocycles. The van der Waals surface area contributed by atoms with Crippen molar-refractivity contribution >= 4 is 11.9 Å². The number of nitrogens with two attached hydrogens (primary N) is 1. The highest BCUT2D eigenvalue weighted by Gasteiger charge is 2.48. The molecule has 0 bridgehead atoms. The monoisotopic (exact) mass is 201 g/mol. The van der Waals surface area contributed by atoms with Crippen LogP contribution < -0.4 is 5.73 Å². The fourth-order valence-corrected chi connectivity index (χ4v) is 0.602. The van der Waals surface area contributed by atoms with Crippen LogP contribution in [0.15, 0.2) is 0 Å². The van der Waals surface area contributed by atoms with E-state index >= 15 is 0 Å². The Morgan fingerprint density at radius 1 is 1.15 bits per heavy atom. The van der Waals surface area contributed by atoms with Gasteiger partial charge in [0.15, 0.2) is 5.92 Å². The van der Waals surface area contributed by atoms with Crippen molar-refractivity contribution in [2.45, 2.75) is 12.2 Å². The largest absolute Gasteiger partial charge is 0.481 e. The topological polar surface area (TPSA) is 101 Å². The molecule has 0 fully saturated rings. The molecule has 1 atom stereocenters. The van der Waals surface area contributed by atoms with Gasteiger partial charge in [0.25, 0.3) is 0 Å². The molecule has 0 aromatic heterocycles. The summed E-state index contributed by atoms with van der Waals surface area (Å²) in [7, 11) is 0. The van der Waals surface area contributed by atoms with Gasteiger partial charge in [-0.2, -0.15) is 13.2 Å². The van der Waals surface area contributed by atoms with Crippen LogP contribution in [0.4, 0.5) is 13.2 Å². The molecule has 0 heterocycles. The number of carboxylic acid groups (broad SMARTS) is 2. The van der Waals surface area contributed by atoms with Crippen LogP contribution in [-0.2, 0) is 9.59 Å². The van der Waals surface area contributed by atoms with Crippen molar-refractivity contribution in [2.75, 3.05) is 0 Å². The van der Waals surface area contributed by atoms with Crippen molar-refractivity contribution in [1.29, 1.82) is 0 Å². The Labute approximate surface area is 69.9 Å². The molecule has 0 radical (unpaired) electrons. The van der Waals surface area contributed by atoms with Gasteiger partial charge in [0, 0.05) is 0 Å². The van der Waals surface area contributed by atoms with Gasteiger partial charge in [-0.05, 0) is 0 Å². The zero-order valence-corrected chi connectivity index (χ0v) is 6.08. The van der Waals surface area contributed by atoms with Gasteiger partial charge >= 0.3 is 18.1 Å². The van der Waals surface area contributed by atoms with E-state index in [1.165, 1.54) is 0 Å². The maximum Gasteiger partial charge on any atom is 0.405 e. The summed E-state index contributed by atoms with van der Waals surface area (Å²) in [6, 6.07) is -2.90. The number of halogens is 3. The van der Waals surface area contributed by atoms with Crippen LogP contribution in [0.5, 0.6) is 0 Å². The van der Waals surface area contributed by atoms with Gasteiger partial charge in [-0.1, -0.05) is 0 Å². The number of carbonyl (C=O) groups is 2. The van der Waals surface area contributed by atoms with Crippen molar-refractivity contribution in [3.05, 3.63) is 0 Å². The molecule has 1 unspecified atom stereocenters. The molecule has 5 nitrogen and oxygen atoms in total. The highest BCUT2D eigenvalue weighted by molar-refractivity contribution is 5.93. The summed E-state index contributed by atoms with van der Waals surface area (Å²) in [5.74, 6) is -6.89. The Morgan fingerprint density at radius 3 is 1.54 bits per heavy atom. The minimum absolute atomic E-state index is 2.11. The lowest BCUT2D eigenvalue weighted by molar-refractivity contribution is -0.182. The fourth-order valence-electron chi connectivity index (χ4n) is 0.602. The molecule has 13 heavy (non-hydrogen) atoms. The van der Waals surface area contributed by atoms with E-state index in [4.69, 9.17) is 10.2 Å². The lowest BCUT2D eigenvalue weighted by atomic mass is 10.0. The normalized spacial score (nSPS) is 14.2. The van der Waals surface area contributed by atoms with Crippen LogP contribution in [-0.4, -0.2) is 34.4 Å². The quantitative estimate of drug-likeness (QED) is 0.542. The molecule has 0 amide bonds. The molecule has 8 heteroatoms. The lowest BCUT2D eigenvalue weighted by Gasteiger charge is -2.18. The molecule has 0 aromatic rings. The second-order valence-electron chi connectivity index (χ2n) is 2.22. The van der Waals surface area contributed by atoms with Gasteiger partial charge in [0.05, 0.1) is 0 Å². The number of carboxylic acids is 2. The highest BCUT2D eigenvalue weighted by atomic mass is 19.4. The zero-order chi connectivity index (χ0) is 10.8. The van der Waals surface area contributed by atoms with Crippen molar-refractivity contribution in [2.24, 2.45) is 11.7 Å². The first-order valence-corrected chi connectivity index (χ1v) is 2.96. The van der Waals surface area contributed by atoms with Crippen molar-refractivity contribution < 1.29 is 33.0 Å². The highest BCUT2D eigenvalue weighted by Crippen LogP contribution is 2.24. The Morgan fingerprint density at radius 2 is 1.46 bits per heavy atom. The number of hydrogen-bond donors (Lipinski definition) is 3. The molecule has 0 rings (SSSR count). The molecule has 0 spiro atoms. The average Bonchev–Trinajstić information content (AvgIpc) is 1.82. The maximum absolute atomic E-state index is 11.8. The van der Waals surface area contributed by atoms with E-state index in [0.717, 1.165) is 0 Å². The van der Waals surface area contributed by atoms with Crippen LogP contribution in [0, 0.1) is 5.92 Å². The molecule has 0 aliphatic rings. The number of alkyl halides is 3. The van der Waals surface area contributed by atoms with Crippen LogP contribution in [0.25, 0.3) is 0 Å². The van der Waals surface area contributed by atoms with E-state index in [0.29, 0.717) is 0 Å². The van der Waals surface area contributed by atoms with Crippen LogP contribution in [0.2, 0.25) is 0 Å². The third-order valence-electron chi connectivity index (χ3n) is 1.27. The van der Waals surface area contributed by atoms with E-state index in [-0.39, 0.29) is 0 Å². The second kappa shape index (κ2) is 3.60. The molecule has 76 valence electrons. The number of hydrogen-bond acceptors (Lipinski definition) is 3. The van der Waals surface area contributed by atoms with Crippen molar-refractivity contribution in [3.8, 4) is 0 Å². The molecule has 4 N–H and O–H groups in total. The number of aliphatic carboxylic acids is 2. The van der Waals surface area contributed by atoms with Crippen LogP contribution in [0.3, 0.4) is 0 Å². The Kier molecular flexibility index (Phi) is 3.24. The molecular weight excluding hydrogens is 195 g/mol. The summed E-state index contributed by atoms with van der Waals surface area (Å²) in [5, 5.41) is 16.2. The van der Waals surface area contributed by atoms with Crippen LogP contribution in [0.1, 0.15) is 0 Å². The Balaban J connectivity index is 4.77. The van der Waals surface area contributed by atoms with Gasteiger partial charge in [0.2, 0.25) is 0 Å². The van der Waals surface area contributed by atoms with Crippen LogP contribution >= 0.6 is 0 Å². The maximum atomic E-state index is 11.8. The summed E-state index contributed by atoms with van der Waals surface area (Å²) in [4.78, 5) is 20.1. The third-order valence-corrected chi connectivity index (χ3v) is 1.27. The van der Waals surface area contributed by atoms with E-state index in [1.807, 2.05) is 0 Å². The average molecular weight is 201 g/mol. The molecule has 0 aliphatic heterocycles. The predicted octanol–water partition coefficient (Wildman–Crippen LogP) is -0.339. The first kappa shape index (κ1) is 11.7. The summed E-state index contributed by atoms with van der Waals surface area (Å²) in [5.41, 5.74) is 4.41. The van der Waals surface area contributed by atoms with E-state index < -0.39 is 30.1 Å². The van der Waals surface area contributed by atoms with Crippen molar-refractivity contribution in [1.82, 2.24) is 0 Å². The van der Waals surface area contributed by atoms with Gasteiger partial charge in [-0.15, -0.1) is 0 Å². The summed E-state index contributed by atoms with van der Waals surface area (Å²) < 4.78 is 35.3. The minimum Gasteiger partial charge on any atom is -0.481 e. The first-order chi connectivity index (χ1) is 5.68. The third kappa shape index (κ3) is 2.90. The fraction of sp³-hybridized carbons (Fsp3) is 0.600. The molecule has 0 saturated carbocycles. The van der Waals surface area contributed by atoms with Gasteiger partial charge < -0.3 is 15.9 Å². The lowest BCUT2D eigenvalue weighted by Crippen LogP contribution is -2.50. The zero-order valence-electron chi connectivity index (χ0n) is 6.08. The van der Waals surface area contributed by atoms with E-state index in [9.17, 15) is 22.8 Å². The standard InChI is InChI=1S/C5H6F3NO4/c6-5(7,8)2(9)1(3(10)11)4(12)13/h1-2H,9H2,(H,10,11)(H,12,13). The van der Waals surface area contributed by atoms with Gasteiger partial charge in [-0.3, -0.25) is 9.59 Å². The van der Waals surface area contributed by atoms with E-state index in [2.05, 4.69) is 5.73 Å². The number of rotatable bonds is 3. The van der Waals surface area contributed by atoms with E-state index in [1.54, 1.807) is 0 Å².